The molecule has 0 atom stereocenters. The number of benzene rings is 2. The van der Waals surface area contributed by atoms with Gasteiger partial charge >= 0.3 is 0 Å². The first-order valence-corrected chi connectivity index (χ1v) is 6.66. The van der Waals surface area contributed by atoms with Crippen LogP contribution in [-0.4, -0.2) is 9.97 Å². The first-order valence-electron chi connectivity index (χ1n) is 6.66. The maximum absolute atomic E-state index is 4.61. The lowest BCUT2D eigenvalue weighted by molar-refractivity contribution is -0.679. The zero-order valence-electron chi connectivity index (χ0n) is 11.5. The Hall–Kier alpha value is -2.55. The Kier molecular flexibility index (Phi) is 2.24. The second kappa shape index (κ2) is 3.97. The maximum Gasteiger partial charge on any atom is 0.286 e. The third-order valence-corrected chi connectivity index (χ3v) is 3.99. The van der Waals surface area contributed by atoms with Gasteiger partial charge in [-0.15, -0.1) is 0 Å². The molecule has 0 bridgehead atoms. The van der Waals surface area contributed by atoms with Crippen molar-refractivity contribution >= 4 is 32.6 Å². The van der Waals surface area contributed by atoms with Crippen molar-refractivity contribution in [2.75, 3.05) is 0 Å². The third-order valence-electron chi connectivity index (χ3n) is 3.99. The van der Waals surface area contributed by atoms with Crippen LogP contribution in [0, 0.1) is 6.92 Å². The average Bonchev–Trinajstić information content (AvgIpc) is 2.48. The number of aromatic nitrogens is 3. The van der Waals surface area contributed by atoms with Crippen molar-refractivity contribution in [3.05, 3.63) is 54.6 Å². The summed E-state index contributed by atoms with van der Waals surface area (Å²) in [6.07, 6.45) is 3.79. The van der Waals surface area contributed by atoms with Gasteiger partial charge in [-0.05, 0) is 34.8 Å². The zero-order chi connectivity index (χ0) is 13.7. The van der Waals surface area contributed by atoms with E-state index in [-0.39, 0.29) is 0 Å². The molecule has 0 saturated heterocycles. The molecule has 20 heavy (non-hydrogen) atoms. The molecule has 0 saturated carbocycles. The molecule has 0 spiro atoms. The Morgan fingerprint density at radius 2 is 1.70 bits per heavy atom. The highest BCUT2D eigenvalue weighted by Gasteiger charge is 2.13. The van der Waals surface area contributed by atoms with Crippen LogP contribution in [0.4, 0.5) is 0 Å². The van der Waals surface area contributed by atoms with Crippen molar-refractivity contribution in [3.8, 4) is 0 Å². The predicted octanol–water partition coefficient (Wildman–Crippen LogP) is 3.07. The summed E-state index contributed by atoms with van der Waals surface area (Å²) in [5, 5.41) is 4.66. The molecule has 0 aliphatic carbocycles. The minimum atomic E-state index is 0.997. The van der Waals surface area contributed by atoms with Gasteiger partial charge in [-0.25, -0.2) is 4.57 Å². The van der Waals surface area contributed by atoms with Gasteiger partial charge in [0.1, 0.15) is 5.69 Å². The van der Waals surface area contributed by atoms with Gasteiger partial charge in [0.05, 0.1) is 23.3 Å². The molecular weight excluding hydrogens is 246 g/mol. The lowest BCUT2D eigenvalue weighted by Crippen LogP contribution is -2.32. The van der Waals surface area contributed by atoms with Crippen LogP contribution in [0.1, 0.15) is 5.69 Å². The third kappa shape index (κ3) is 1.50. The summed E-state index contributed by atoms with van der Waals surface area (Å²) < 4.78 is 2.02. The predicted molar refractivity (Wildman–Crippen MR) is 80.5 cm³/mol. The normalized spacial score (nSPS) is 11.5. The van der Waals surface area contributed by atoms with Crippen LogP contribution in [-0.2, 0) is 7.05 Å². The van der Waals surface area contributed by atoms with Crippen molar-refractivity contribution in [1.82, 2.24) is 9.97 Å². The number of fused-ring (bicyclic) bond motifs is 4. The lowest BCUT2D eigenvalue weighted by atomic mass is 10.0. The fraction of sp³-hybridized carbons (Fsp3) is 0.118. The van der Waals surface area contributed by atoms with Gasteiger partial charge in [-0.1, -0.05) is 24.3 Å². The Morgan fingerprint density at radius 3 is 2.50 bits per heavy atom. The molecule has 3 heteroatoms. The average molecular weight is 260 g/mol. The Balaban J connectivity index is 2.24. The van der Waals surface area contributed by atoms with Crippen molar-refractivity contribution in [2.45, 2.75) is 6.92 Å². The highest BCUT2D eigenvalue weighted by Crippen LogP contribution is 2.26. The first kappa shape index (κ1) is 11.3. The second-order valence-electron chi connectivity index (χ2n) is 5.18. The summed E-state index contributed by atoms with van der Waals surface area (Å²) >= 11 is 0. The molecule has 0 fully saturated rings. The summed E-state index contributed by atoms with van der Waals surface area (Å²) in [5.41, 5.74) is 3.20. The van der Waals surface area contributed by atoms with Crippen LogP contribution in [0.25, 0.3) is 32.6 Å². The summed E-state index contributed by atoms with van der Waals surface area (Å²) in [7, 11) is 2.01. The van der Waals surface area contributed by atoms with Gasteiger partial charge in [0.15, 0.2) is 5.52 Å². The number of hydrogen-bond acceptors (Lipinski definition) is 2. The van der Waals surface area contributed by atoms with Crippen LogP contribution < -0.4 is 4.57 Å². The molecule has 0 aliphatic heterocycles. The molecule has 0 amide bonds. The summed E-state index contributed by atoms with van der Waals surface area (Å²) in [4.78, 5) is 9.21. The van der Waals surface area contributed by atoms with E-state index in [0.29, 0.717) is 0 Å². The molecule has 0 aliphatic rings. The lowest BCUT2D eigenvalue weighted by Gasteiger charge is -2.04. The van der Waals surface area contributed by atoms with Gasteiger partial charge < -0.3 is 0 Å². The molecule has 0 unspecified atom stereocenters. The molecule has 0 N–H and O–H groups in total. The molecule has 2 aromatic heterocycles. The number of pyridine rings is 1. The van der Waals surface area contributed by atoms with Gasteiger partial charge in [-0.2, -0.15) is 0 Å². The van der Waals surface area contributed by atoms with E-state index >= 15 is 0 Å². The minimum absolute atomic E-state index is 0.997. The van der Waals surface area contributed by atoms with E-state index in [9.17, 15) is 0 Å². The Bertz CT molecular complexity index is 974. The van der Waals surface area contributed by atoms with E-state index in [4.69, 9.17) is 0 Å². The fourth-order valence-electron chi connectivity index (χ4n) is 2.69. The maximum atomic E-state index is 4.61. The number of nitrogens with zero attached hydrogens (tertiary/aromatic N) is 3. The van der Waals surface area contributed by atoms with Crippen molar-refractivity contribution in [1.29, 1.82) is 0 Å². The fourth-order valence-corrected chi connectivity index (χ4v) is 2.69. The van der Waals surface area contributed by atoms with E-state index in [0.717, 1.165) is 21.8 Å². The van der Waals surface area contributed by atoms with Crippen molar-refractivity contribution in [2.24, 2.45) is 7.05 Å². The van der Waals surface area contributed by atoms with E-state index in [1.54, 1.807) is 0 Å². The van der Waals surface area contributed by atoms with Gasteiger partial charge in [0.25, 0.3) is 6.33 Å². The number of hydrogen-bond donors (Lipinski definition) is 0. The molecule has 4 aromatic rings. The van der Waals surface area contributed by atoms with Crippen molar-refractivity contribution in [3.63, 3.8) is 0 Å². The van der Waals surface area contributed by atoms with Crippen LogP contribution in [0.15, 0.2) is 48.9 Å². The van der Waals surface area contributed by atoms with Gasteiger partial charge in [0, 0.05) is 6.20 Å². The zero-order valence-corrected chi connectivity index (χ0v) is 11.5. The first-order chi connectivity index (χ1) is 9.74. The van der Waals surface area contributed by atoms with Crippen molar-refractivity contribution < 1.29 is 4.57 Å². The summed E-state index contributed by atoms with van der Waals surface area (Å²) in [5.74, 6) is 0. The Labute approximate surface area is 116 Å². The highest BCUT2D eigenvalue weighted by atomic mass is 15.0. The van der Waals surface area contributed by atoms with Crippen LogP contribution in [0.2, 0.25) is 0 Å². The van der Waals surface area contributed by atoms with E-state index in [1.807, 2.05) is 24.1 Å². The van der Waals surface area contributed by atoms with Crippen LogP contribution in [0.5, 0.6) is 0 Å². The smallest absolute Gasteiger partial charge is 0.255 e. The van der Waals surface area contributed by atoms with E-state index < -0.39 is 0 Å². The Morgan fingerprint density at radius 1 is 0.950 bits per heavy atom. The second-order valence-corrected chi connectivity index (χ2v) is 5.18. The number of aryl methyl sites for hydroxylation is 2. The minimum Gasteiger partial charge on any atom is -0.255 e. The quantitative estimate of drug-likeness (QED) is 0.276. The van der Waals surface area contributed by atoms with Gasteiger partial charge in [0.2, 0.25) is 0 Å². The van der Waals surface area contributed by atoms with E-state index in [1.165, 1.54) is 16.5 Å². The van der Waals surface area contributed by atoms with E-state index in [2.05, 4.69) is 53.3 Å². The molecular formula is C17H14N3+. The molecule has 3 nitrogen and oxygen atoms in total. The number of rotatable bonds is 0. The molecule has 2 aromatic carbocycles. The monoisotopic (exact) mass is 260 g/mol. The summed E-state index contributed by atoms with van der Waals surface area (Å²) in [6.45, 7) is 2.10. The van der Waals surface area contributed by atoms with Crippen LogP contribution >= 0.6 is 0 Å². The van der Waals surface area contributed by atoms with Crippen LogP contribution in [0.3, 0.4) is 0 Å². The molecule has 2 heterocycles. The molecule has 4 rings (SSSR count). The highest BCUT2D eigenvalue weighted by molar-refractivity contribution is 6.08. The standard InChI is InChI=1S/C17H14N3/c1-11-15-9-18-16-8-13-6-4-3-5-12(13)7-14(16)17(15)19-10-20(11)2/h3-10H,1-2H3/q+1. The van der Waals surface area contributed by atoms with Gasteiger partial charge in [-0.3, -0.25) is 4.98 Å². The molecule has 96 valence electrons. The SMILES string of the molecule is Cc1c2cnc3cc4ccccc4cc3c2nc[n+]1C. The summed E-state index contributed by atoms with van der Waals surface area (Å²) in [6, 6.07) is 12.7. The topological polar surface area (TPSA) is 29.7 Å². The molecule has 0 radical (unpaired) electrons. The largest absolute Gasteiger partial charge is 0.286 e.